The van der Waals surface area contributed by atoms with Crippen molar-refractivity contribution in [1.82, 2.24) is 5.32 Å². The summed E-state index contributed by atoms with van der Waals surface area (Å²) in [4.78, 5) is 0. The third-order valence-corrected chi connectivity index (χ3v) is 1.95. The van der Waals surface area contributed by atoms with Crippen molar-refractivity contribution in [2.24, 2.45) is 0 Å². The number of aliphatic hydroxyl groups excluding tert-OH is 1. The van der Waals surface area contributed by atoms with Gasteiger partial charge < -0.3 is 10.4 Å². The lowest BCUT2D eigenvalue weighted by molar-refractivity contribution is 0.121. The van der Waals surface area contributed by atoms with E-state index in [2.05, 4.69) is 25.2 Å². The van der Waals surface area contributed by atoms with Gasteiger partial charge in [-0.15, -0.1) is 0 Å². The van der Waals surface area contributed by atoms with Gasteiger partial charge in [-0.3, -0.25) is 0 Å². The molecule has 1 rings (SSSR count). The Bertz CT molecular complexity index is 142. The molecule has 0 radical (unpaired) electrons. The molecule has 0 amide bonds. The molecule has 0 aromatic rings. The molecule has 2 N–H and O–H groups in total. The smallest absolute Gasteiger partial charge is 0.0730 e. The fourth-order valence-electron chi connectivity index (χ4n) is 1.41. The van der Waals surface area contributed by atoms with Crippen LogP contribution in [0.2, 0.25) is 0 Å². The van der Waals surface area contributed by atoms with Gasteiger partial charge in [-0.2, -0.15) is 0 Å². The second-order valence-corrected chi connectivity index (χ2v) is 3.44. The van der Waals surface area contributed by atoms with Gasteiger partial charge in [-0.05, 0) is 12.8 Å². The zero-order valence-corrected chi connectivity index (χ0v) is 7.25. The van der Waals surface area contributed by atoms with E-state index in [1.165, 1.54) is 0 Å². The van der Waals surface area contributed by atoms with Gasteiger partial charge in [-0.1, -0.05) is 26.0 Å². The third kappa shape index (κ3) is 2.64. The van der Waals surface area contributed by atoms with Crippen LogP contribution in [0.25, 0.3) is 0 Å². The molecule has 0 unspecified atom stereocenters. The first-order valence-corrected chi connectivity index (χ1v) is 4.29. The Morgan fingerprint density at radius 3 is 2.55 bits per heavy atom. The maximum absolute atomic E-state index is 9.50. The highest BCUT2D eigenvalue weighted by Gasteiger charge is 2.19. The van der Waals surface area contributed by atoms with Gasteiger partial charge in [0.05, 0.1) is 6.10 Å². The van der Waals surface area contributed by atoms with Crippen molar-refractivity contribution < 1.29 is 5.11 Å². The average Bonchev–Trinajstić information content (AvgIpc) is 1.93. The number of aliphatic hydroxyl groups is 1. The zero-order chi connectivity index (χ0) is 8.27. The fraction of sp³-hybridized carbons (Fsp3) is 0.778. The van der Waals surface area contributed by atoms with Crippen molar-refractivity contribution in [3.8, 4) is 0 Å². The standard InChI is InChI=1S/C9H17NO/c1-7(2)10-8-5-3-4-6-9(8)11/h3-4,7-11H,5-6H2,1-2H3/t8-,9-/m1/s1. The molecule has 64 valence electrons. The minimum Gasteiger partial charge on any atom is -0.391 e. The topological polar surface area (TPSA) is 32.3 Å². The first-order valence-electron chi connectivity index (χ1n) is 4.29. The monoisotopic (exact) mass is 155 g/mol. The minimum absolute atomic E-state index is 0.192. The van der Waals surface area contributed by atoms with Crippen molar-refractivity contribution in [2.75, 3.05) is 0 Å². The van der Waals surface area contributed by atoms with Gasteiger partial charge in [-0.25, -0.2) is 0 Å². The summed E-state index contributed by atoms with van der Waals surface area (Å²) in [5, 5.41) is 12.8. The van der Waals surface area contributed by atoms with Crippen molar-refractivity contribution in [3.05, 3.63) is 12.2 Å². The lowest BCUT2D eigenvalue weighted by Crippen LogP contribution is -2.44. The van der Waals surface area contributed by atoms with Crippen molar-refractivity contribution >= 4 is 0 Å². The molecule has 1 aliphatic rings. The first kappa shape index (κ1) is 8.75. The first-order chi connectivity index (χ1) is 5.20. The van der Waals surface area contributed by atoms with Crippen molar-refractivity contribution in [3.63, 3.8) is 0 Å². The molecule has 0 spiro atoms. The summed E-state index contributed by atoms with van der Waals surface area (Å²) in [5.74, 6) is 0. The van der Waals surface area contributed by atoms with Crippen LogP contribution in [0, 0.1) is 0 Å². The molecule has 0 aromatic heterocycles. The van der Waals surface area contributed by atoms with Gasteiger partial charge in [0.25, 0.3) is 0 Å². The Balaban J connectivity index is 2.38. The van der Waals surface area contributed by atoms with Crippen LogP contribution in [0.5, 0.6) is 0 Å². The van der Waals surface area contributed by atoms with E-state index in [1.54, 1.807) is 0 Å². The summed E-state index contributed by atoms with van der Waals surface area (Å²) in [5.41, 5.74) is 0. The Hall–Kier alpha value is -0.340. The van der Waals surface area contributed by atoms with Crippen LogP contribution in [-0.4, -0.2) is 23.3 Å². The molecule has 0 saturated heterocycles. The second kappa shape index (κ2) is 3.88. The van der Waals surface area contributed by atoms with Crippen LogP contribution in [0.15, 0.2) is 12.2 Å². The molecule has 2 heteroatoms. The molecule has 11 heavy (non-hydrogen) atoms. The minimum atomic E-state index is -0.192. The van der Waals surface area contributed by atoms with E-state index in [1.807, 2.05) is 6.08 Å². The van der Waals surface area contributed by atoms with E-state index in [0.717, 1.165) is 12.8 Å². The summed E-state index contributed by atoms with van der Waals surface area (Å²) < 4.78 is 0. The SMILES string of the molecule is CC(C)N[C@@H]1CC=CC[C@H]1O. The summed E-state index contributed by atoms with van der Waals surface area (Å²) in [7, 11) is 0. The summed E-state index contributed by atoms with van der Waals surface area (Å²) in [6.07, 6.45) is 5.74. The predicted octanol–water partition coefficient (Wildman–Crippen LogP) is 1.06. The summed E-state index contributed by atoms with van der Waals surface area (Å²) >= 11 is 0. The fourth-order valence-corrected chi connectivity index (χ4v) is 1.41. The largest absolute Gasteiger partial charge is 0.391 e. The quantitative estimate of drug-likeness (QED) is 0.584. The van der Waals surface area contributed by atoms with Crippen molar-refractivity contribution in [2.45, 2.75) is 44.9 Å². The van der Waals surface area contributed by atoms with E-state index >= 15 is 0 Å². The Morgan fingerprint density at radius 2 is 2.00 bits per heavy atom. The Kier molecular flexibility index (Phi) is 3.09. The third-order valence-electron chi connectivity index (χ3n) is 1.95. The highest BCUT2D eigenvalue weighted by atomic mass is 16.3. The van der Waals surface area contributed by atoms with Crippen LogP contribution >= 0.6 is 0 Å². The normalized spacial score (nSPS) is 31.3. The van der Waals surface area contributed by atoms with E-state index in [9.17, 15) is 5.11 Å². The van der Waals surface area contributed by atoms with Gasteiger partial charge >= 0.3 is 0 Å². The number of rotatable bonds is 2. The highest BCUT2D eigenvalue weighted by Crippen LogP contribution is 2.11. The van der Waals surface area contributed by atoms with Crippen LogP contribution in [0.4, 0.5) is 0 Å². The van der Waals surface area contributed by atoms with Crippen LogP contribution < -0.4 is 5.32 Å². The van der Waals surface area contributed by atoms with Crippen molar-refractivity contribution in [1.29, 1.82) is 0 Å². The highest BCUT2D eigenvalue weighted by molar-refractivity contribution is 4.98. The molecule has 2 atom stereocenters. The maximum Gasteiger partial charge on any atom is 0.0730 e. The molecule has 0 bridgehead atoms. The summed E-state index contributed by atoms with van der Waals surface area (Å²) in [6, 6.07) is 0.723. The number of hydrogen-bond donors (Lipinski definition) is 2. The lowest BCUT2D eigenvalue weighted by atomic mass is 9.98. The number of hydrogen-bond acceptors (Lipinski definition) is 2. The molecule has 0 aliphatic heterocycles. The molecule has 2 nitrogen and oxygen atoms in total. The number of nitrogens with one attached hydrogen (secondary N) is 1. The second-order valence-electron chi connectivity index (χ2n) is 3.44. The van der Waals surface area contributed by atoms with E-state index in [0.29, 0.717) is 6.04 Å². The van der Waals surface area contributed by atoms with E-state index in [4.69, 9.17) is 0 Å². The molecular weight excluding hydrogens is 138 g/mol. The lowest BCUT2D eigenvalue weighted by Gasteiger charge is -2.27. The van der Waals surface area contributed by atoms with Gasteiger partial charge in [0.1, 0.15) is 0 Å². The predicted molar refractivity (Wildman–Crippen MR) is 46.4 cm³/mol. The van der Waals surface area contributed by atoms with Crippen LogP contribution in [0.1, 0.15) is 26.7 Å². The van der Waals surface area contributed by atoms with Crippen LogP contribution in [0.3, 0.4) is 0 Å². The van der Waals surface area contributed by atoms with Gasteiger partial charge in [0.2, 0.25) is 0 Å². The average molecular weight is 155 g/mol. The molecule has 0 aromatic carbocycles. The van der Waals surface area contributed by atoms with Gasteiger partial charge in [0.15, 0.2) is 0 Å². The van der Waals surface area contributed by atoms with Gasteiger partial charge in [0, 0.05) is 12.1 Å². The zero-order valence-electron chi connectivity index (χ0n) is 7.25. The van der Waals surface area contributed by atoms with Crippen LogP contribution in [-0.2, 0) is 0 Å². The molecular formula is C9H17NO. The van der Waals surface area contributed by atoms with E-state index < -0.39 is 0 Å². The molecule has 1 aliphatic carbocycles. The molecule has 0 heterocycles. The molecule has 0 fully saturated rings. The Morgan fingerprint density at radius 1 is 1.36 bits per heavy atom. The summed E-state index contributed by atoms with van der Waals surface area (Å²) in [6.45, 7) is 4.20. The van der Waals surface area contributed by atoms with E-state index in [-0.39, 0.29) is 12.1 Å². The maximum atomic E-state index is 9.50. The Labute approximate surface area is 68.3 Å². The molecule has 0 saturated carbocycles.